The van der Waals surface area contributed by atoms with Crippen molar-refractivity contribution in [3.63, 3.8) is 0 Å². The summed E-state index contributed by atoms with van der Waals surface area (Å²) in [6.45, 7) is 2.16. The molecule has 0 aromatic carbocycles. The molecule has 1 amide bonds. The zero-order valence-corrected chi connectivity index (χ0v) is 19.7. The van der Waals surface area contributed by atoms with Crippen LogP contribution in [0.15, 0.2) is 73.3 Å². The number of nitrogens with one attached hydrogen (secondary N) is 3. The van der Waals surface area contributed by atoms with Crippen LogP contribution in [0, 0.1) is 18.3 Å². The molecule has 0 saturated carbocycles. The number of amides is 1. The molecule has 5 heterocycles. The normalized spacial score (nSPS) is 10.5. The first-order valence-electron chi connectivity index (χ1n) is 11.3. The van der Waals surface area contributed by atoms with Crippen molar-refractivity contribution < 1.29 is 9.07 Å². The Bertz CT molecular complexity index is 1590. The highest BCUT2D eigenvalue weighted by molar-refractivity contribution is 5.92. The Kier molecular flexibility index (Phi) is 6.54. The summed E-state index contributed by atoms with van der Waals surface area (Å²) in [6, 6.07) is 16.3. The van der Waals surface area contributed by atoms with Crippen LogP contribution in [0.5, 0.6) is 0 Å². The summed E-state index contributed by atoms with van der Waals surface area (Å²) in [5.41, 5.74) is 4.60. The molecule has 11 heteroatoms. The van der Waals surface area contributed by atoms with Crippen molar-refractivity contribution in [2.24, 2.45) is 0 Å². The summed E-state index contributed by atoms with van der Waals surface area (Å²) >= 11 is 0. The van der Waals surface area contributed by atoms with Crippen molar-refractivity contribution in [1.82, 2.24) is 40.4 Å². The number of nitriles is 1. The van der Waals surface area contributed by atoms with Gasteiger partial charge in [-0.2, -0.15) is 10.4 Å². The average molecular weight is 495 g/mol. The number of hydrogen-bond donors (Lipinski definition) is 3. The molecule has 3 N–H and O–H groups in total. The fourth-order valence-corrected chi connectivity index (χ4v) is 3.48. The molecule has 5 rings (SSSR count). The first kappa shape index (κ1) is 23.3. The highest BCUT2D eigenvalue weighted by Crippen LogP contribution is 2.20. The average Bonchev–Trinajstić information content (AvgIpc) is 3.40. The van der Waals surface area contributed by atoms with Gasteiger partial charge in [-0.1, -0.05) is 6.07 Å². The predicted octanol–water partition coefficient (Wildman–Crippen LogP) is 4.31. The molecule has 0 unspecified atom stereocenters. The molecule has 11 nitrogen and oxygen atoms in total. The second kappa shape index (κ2) is 10.4. The second-order valence-corrected chi connectivity index (χ2v) is 8.03. The Hall–Kier alpha value is -5.50. The van der Waals surface area contributed by atoms with Gasteiger partial charge in [-0.05, 0) is 42.8 Å². The molecule has 186 valence electrons. The molecule has 37 heavy (non-hydrogen) atoms. The van der Waals surface area contributed by atoms with E-state index in [2.05, 4.69) is 45.8 Å². The van der Waals surface area contributed by atoms with Crippen molar-refractivity contribution in [2.75, 3.05) is 5.32 Å². The molecule has 0 bridgehead atoms. The number of aryl methyl sites for hydroxylation is 1. The highest BCUT2D eigenvalue weighted by atomic mass is 16.1. The SMILES string of the molecule is Cc1cc(Nc2cc(C#N)[nH]n2)nc(-c2ccc(C(=O)NCc3ccc(-c4cccnc4)nc3)nc2)n1.[HH].[HH].[HH]. The van der Waals surface area contributed by atoms with Gasteiger partial charge in [-0.25, -0.2) is 9.97 Å². The van der Waals surface area contributed by atoms with E-state index in [4.69, 9.17) is 5.26 Å². The quantitative estimate of drug-likeness (QED) is 0.300. The van der Waals surface area contributed by atoms with Gasteiger partial charge < -0.3 is 10.6 Å². The van der Waals surface area contributed by atoms with Crippen LogP contribution in [0.25, 0.3) is 22.6 Å². The van der Waals surface area contributed by atoms with Gasteiger partial charge in [0.1, 0.15) is 23.3 Å². The van der Waals surface area contributed by atoms with E-state index in [1.165, 1.54) is 0 Å². The molecular weight excluding hydrogens is 468 g/mol. The number of carbonyl (C=O) groups excluding carboxylic acids is 1. The van der Waals surface area contributed by atoms with Crippen molar-refractivity contribution >= 4 is 17.5 Å². The Morgan fingerprint density at radius 3 is 2.65 bits per heavy atom. The van der Waals surface area contributed by atoms with Crippen LogP contribution in [0.2, 0.25) is 0 Å². The first-order valence-corrected chi connectivity index (χ1v) is 11.3. The topological polar surface area (TPSA) is 158 Å². The number of aromatic amines is 1. The van der Waals surface area contributed by atoms with Crippen LogP contribution in [-0.4, -0.2) is 41.0 Å². The van der Waals surface area contributed by atoms with E-state index in [1.807, 2.05) is 37.3 Å². The Balaban J connectivity index is 0.00000187. The Morgan fingerprint density at radius 2 is 1.95 bits per heavy atom. The minimum Gasteiger partial charge on any atom is -0.347 e. The zero-order chi connectivity index (χ0) is 25.6. The molecule has 0 aliphatic heterocycles. The van der Waals surface area contributed by atoms with Gasteiger partial charge in [-0.15, -0.1) is 0 Å². The number of hydrogen-bond acceptors (Lipinski definition) is 9. The number of rotatable bonds is 7. The molecular formula is C26H26N10O. The van der Waals surface area contributed by atoms with Crippen LogP contribution < -0.4 is 10.6 Å². The third-order valence-electron chi connectivity index (χ3n) is 5.30. The Labute approximate surface area is 216 Å². The number of aromatic nitrogens is 7. The Morgan fingerprint density at radius 1 is 1.03 bits per heavy atom. The van der Waals surface area contributed by atoms with Gasteiger partial charge in [0, 0.05) is 64.6 Å². The predicted molar refractivity (Wildman–Crippen MR) is 142 cm³/mol. The largest absolute Gasteiger partial charge is 0.347 e. The van der Waals surface area contributed by atoms with Crippen molar-refractivity contribution in [2.45, 2.75) is 13.5 Å². The van der Waals surface area contributed by atoms with E-state index in [0.29, 0.717) is 35.3 Å². The maximum absolute atomic E-state index is 12.6. The molecule has 0 spiro atoms. The van der Waals surface area contributed by atoms with Crippen LogP contribution in [0.3, 0.4) is 0 Å². The molecule has 0 saturated heterocycles. The van der Waals surface area contributed by atoms with Gasteiger partial charge >= 0.3 is 0 Å². The third-order valence-corrected chi connectivity index (χ3v) is 5.30. The summed E-state index contributed by atoms with van der Waals surface area (Å²) in [6.07, 6.45) is 6.75. The number of pyridine rings is 3. The van der Waals surface area contributed by atoms with Crippen LogP contribution in [-0.2, 0) is 6.54 Å². The van der Waals surface area contributed by atoms with E-state index in [9.17, 15) is 4.79 Å². The van der Waals surface area contributed by atoms with Crippen LogP contribution >= 0.6 is 0 Å². The lowest BCUT2D eigenvalue weighted by atomic mass is 10.1. The first-order chi connectivity index (χ1) is 18.1. The van der Waals surface area contributed by atoms with Gasteiger partial charge in [0.15, 0.2) is 11.6 Å². The maximum Gasteiger partial charge on any atom is 0.270 e. The summed E-state index contributed by atoms with van der Waals surface area (Å²) < 4.78 is 0. The summed E-state index contributed by atoms with van der Waals surface area (Å²) in [4.78, 5) is 34.4. The van der Waals surface area contributed by atoms with Crippen LogP contribution in [0.4, 0.5) is 11.6 Å². The maximum atomic E-state index is 12.6. The fourth-order valence-electron chi connectivity index (χ4n) is 3.48. The summed E-state index contributed by atoms with van der Waals surface area (Å²) in [7, 11) is 0. The van der Waals surface area contributed by atoms with Crippen molar-refractivity contribution in [1.29, 1.82) is 5.26 Å². The highest BCUT2D eigenvalue weighted by Gasteiger charge is 2.11. The standard InChI is InChI=1S/C26H20N10O.3H2/c1-16-9-23(33-24-10-20(11-27)35-36-24)34-25(32-16)19-5-7-22(30-15-19)26(37)31-13-17-4-6-21(29-12-17)18-3-2-8-28-14-18;;;/h2-10,12,14-15H,13H2,1H3,(H,31,37)(H2,32,33,34,35,36);3*1H. The van der Waals surface area contributed by atoms with E-state index in [1.54, 1.807) is 49.1 Å². The molecule has 0 fully saturated rings. The smallest absolute Gasteiger partial charge is 0.270 e. The lowest BCUT2D eigenvalue weighted by Gasteiger charge is -2.08. The fraction of sp³-hybridized carbons (Fsp3) is 0.0769. The van der Waals surface area contributed by atoms with Gasteiger partial charge in [-0.3, -0.25) is 24.8 Å². The lowest BCUT2D eigenvalue weighted by Crippen LogP contribution is -2.23. The van der Waals surface area contributed by atoms with Crippen molar-refractivity contribution in [3.8, 4) is 28.7 Å². The molecule has 0 radical (unpaired) electrons. The minimum atomic E-state index is -0.303. The minimum absolute atomic E-state index is 0. The van der Waals surface area contributed by atoms with E-state index < -0.39 is 0 Å². The van der Waals surface area contributed by atoms with Gasteiger partial charge in [0.2, 0.25) is 0 Å². The number of anilines is 2. The number of carbonyl (C=O) groups is 1. The number of nitrogens with zero attached hydrogens (tertiary/aromatic N) is 7. The van der Waals surface area contributed by atoms with E-state index >= 15 is 0 Å². The summed E-state index contributed by atoms with van der Waals surface area (Å²) in [5, 5.41) is 21.5. The summed E-state index contributed by atoms with van der Waals surface area (Å²) in [5.74, 6) is 1.12. The number of H-pyrrole nitrogens is 1. The third kappa shape index (κ3) is 5.60. The van der Waals surface area contributed by atoms with Gasteiger partial charge in [0.05, 0.1) is 5.69 Å². The lowest BCUT2D eigenvalue weighted by molar-refractivity contribution is 0.0946. The second-order valence-electron chi connectivity index (χ2n) is 8.03. The zero-order valence-electron chi connectivity index (χ0n) is 19.7. The molecule has 0 aliphatic rings. The van der Waals surface area contributed by atoms with Gasteiger partial charge in [0.25, 0.3) is 5.91 Å². The molecule has 0 aliphatic carbocycles. The van der Waals surface area contributed by atoms with Crippen LogP contribution in [0.1, 0.15) is 31.7 Å². The monoisotopic (exact) mass is 494 g/mol. The van der Waals surface area contributed by atoms with Crippen molar-refractivity contribution in [3.05, 3.63) is 96.0 Å². The molecule has 5 aromatic heterocycles. The molecule has 5 aromatic rings. The molecule has 0 atom stereocenters. The van der Waals surface area contributed by atoms with E-state index in [0.717, 1.165) is 22.5 Å². The van der Waals surface area contributed by atoms with E-state index in [-0.39, 0.29) is 15.9 Å².